The van der Waals surface area contributed by atoms with Gasteiger partial charge in [-0.1, -0.05) is 35.9 Å². The van der Waals surface area contributed by atoms with Crippen LogP contribution in [0, 0.1) is 0 Å². The van der Waals surface area contributed by atoms with Crippen molar-refractivity contribution in [1.82, 2.24) is 0 Å². The fraction of sp³-hybridized carbons (Fsp3) is 0.0714. The van der Waals surface area contributed by atoms with Crippen molar-refractivity contribution in [3.8, 4) is 5.75 Å². The lowest BCUT2D eigenvalue weighted by molar-refractivity contribution is -0.118. The summed E-state index contributed by atoms with van der Waals surface area (Å²) in [5.74, 6) is -0.557. The maximum atomic E-state index is 11.6. The standard InChI is InChI=1S/C14H13ClN2O2/c15-11-8-9(6-7-12(11)18)13(14(16)19)17-10-4-2-1-3-5-10/h1-8,13,17-18H,(H2,16,19). The molecule has 19 heavy (non-hydrogen) atoms. The van der Waals surface area contributed by atoms with E-state index in [1.54, 1.807) is 6.07 Å². The van der Waals surface area contributed by atoms with Crippen LogP contribution in [0.15, 0.2) is 48.5 Å². The minimum Gasteiger partial charge on any atom is -0.506 e. The molecule has 0 bridgehead atoms. The van der Waals surface area contributed by atoms with Gasteiger partial charge in [-0.2, -0.15) is 0 Å². The van der Waals surface area contributed by atoms with Crippen molar-refractivity contribution >= 4 is 23.2 Å². The van der Waals surface area contributed by atoms with Crippen molar-refractivity contribution in [2.45, 2.75) is 6.04 Å². The highest BCUT2D eigenvalue weighted by Gasteiger charge is 2.18. The first kappa shape index (κ1) is 13.2. The van der Waals surface area contributed by atoms with Crippen LogP contribution in [0.3, 0.4) is 0 Å². The zero-order chi connectivity index (χ0) is 13.8. The number of phenolic OH excluding ortho intramolecular Hbond substituents is 1. The summed E-state index contributed by atoms with van der Waals surface area (Å²) < 4.78 is 0. The van der Waals surface area contributed by atoms with E-state index in [0.29, 0.717) is 5.56 Å². The molecule has 0 saturated heterocycles. The van der Waals surface area contributed by atoms with E-state index in [1.807, 2.05) is 30.3 Å². The Morgan fingerprint density at radius 2 is 1.89 bits per heavy atom. The van der Waals surface area contributed by atoms with Crippen molar-refractivity contribution in [2.75, 3.05) is 5.32 Å². The number of amides is 1. The fourth-order valence-electron chi connectivity index (χ4n) is 1.72. The highest BCUT2D eigenvalue weighted by Crippen LogP contribution is 2.28. The molecule has 2 rings (SSSR count). The maximum Gasteiger partial charge on any atom is 0.244 e. The summed E-state index contributed by atoms with van der Waals surface area (Å²) in [6.07, 6.45) is 0. The van der Waals surface area contributed by atoms with Gasteiger partial charge in [0.15, 0.2) is 0 Å². The average Bonchev–Trinajstić information content (AvgIpc) is 2.40. The summed E-state index contributed by atoms with van der Waals surface area (Å²) in [7, 11) is 0. The van der Waals surface area contributed by atoms with E-state index >= 15 is 0 Å². The van der Waals surface area contributed by atoms with Gasteiger partial charge in [0.25, 0.3) is 0 Å². The van der Waals surface area contributed by atoms with E-state index in [2.05, 4.69) is 5.32 Å². The highest BCUT2D eigenvalue weighted by molar-refractivity contribution is 6.32. The molecule has 0 aliphatic carbocycles. The summed E-state index contributed by atoms with van der Waals surface area (Å²) in [6, 6.07) is 13.1. The van der Waals surface area contributed by atoms with Crippen LogP contribution in [0.4, 0.5) is 5.69 Å². The van der Waals surface area contributed by atoms with Gasteiger partial charge in [-0.3, -0.25) is 4.79 Å². The molecule has 0 spiro atoms. The Hall–Kier alpha value is -2.20. The molecule has 0 aliphatic heterocycles. The molecule has 2 aromatic rings. The van der Waals surface area contributed by atoms with Crippen molar-refractivity contribution in [1.29, 1.82) is 0 Å². The number of hydrogen-bond acceptors (Lipinski definition) is 3. The van der Waals surface area contributed by atoms with E-state index in [1.165, 1.54) is 12.1 Å². The number of carbonyl (C=O) groups is 1. The molecule has 0 aliphatic rings. The number of hydrogen-bond donors (Lipinski definition) is 3. The zero-order valence-corrected chi connectivity index (χ0v) is 10.8. The van der Waals surface area contributed by atoms with Crippen LogP contribution < -0.4 is 11.1 Å². The summed E-state index contributed by atoms with van der Waals surface area (Å²) >= 11 is 5.84. The number of para-hydroxylation sites is 1. The van der Waals surface area contributed by atoms with Crippen molar-refractivity contribution in [2.24, 2.45) is 5.73 Å². The van der Waals surface area contributed by atoms with E-state index in [0.717, 1.165) is 5.69 Å². The maximum absolute atomic E-state index is 11.6. The van der Waals surface area contributed by atoms with Crippen molar-refractivity contribution in [3.05, 3.63) is 59.1 Å². The SMILES string of the molecule is NC(=O)C(Nc1ccccc1)c1ccc(O)c(Cl)c1. The molecular formula is C14H13ClN2O2. The third-order valence-corrected chi connectivity index (χ3v) is 2.98. The van der Waals surface area contributed by atoms with Crippen LogP contribution in [0.2, 0.25) is 5.02 Å². The Labute approximate surface area is 115 Å². The molecule has 2 aromatic carbocycles. The van der Waals surface area contributed by atoms with Gasteiger partial charge >= 0.3 is 0 Å². The third-order valence-electron chi connectivity index (χ3n) is 2.67. The highest BCUT2D eigenvalue weighted by atomic mass is 35.5. The van der Waals surface area contributed by atoms with Gasteiger partial charge in [0.2, 0.25) is 5.91 Å². The number of nitrogens with two attached hydrogens (primary N) is 1. The number of nitrogens with one attached hydrogen (secondary N) is 1. The Bertz CT molecular complexity index is 587. The second kappa shape index (κ2) is 5.63. The Morgan fingerprint density at radius 3 is 2.47 bits per heavy atom. The van der Waals surface area contributed by atoms with Gasteiger partial charge < -0.3 is 16.2 Å². The Morgan fingerprint density at radius 1 is 1.21 bits per heavy atom. The van der Waals surface area contributed by atoms with E-state index < -0.39 is 11.9 Å². The lowest BCUT2D eigenvalue weighted by Crippen LogP contribution is -2.27. The lowest BCUT2D eigenvalue weighted by Gasteiger charge is -2.17. The minimum absolute atomic E-state index is 0.0339. The smallest absolute Gasteiger partial charge is 0.244 e. The predicted molar refractivity (Wildman–Crippen MR) is 75.1 cm³/mol. The summed E-state index contributed by atoms with van der Waals surface area (Å²) in [5.41, 5.74) is 6.77. The molecule has 0 heterocycles. The fourth-order valence-corrected chi connectivity index (χ4v) is 1.91. The van der Waals surface area contributed by atoms with Gasteiger partial charge in [0.1, 0.15) is 11.8 Å². The molecule has 0 saturated carbocycles. The van der Waals surface area contributed by atoms with Gasteiger partial charge in [0, 0.05) is 5.69 Å². The summed E-state index contributed by atoms with van der Waals surface area (Å²) in [6.45, 7) is 0. The van der Waals surface area contributed by atoms with Crippen molar-refractivity contribution < 1.29 is 9.90 Å². The molecule has 1 unspecified atom stereocenters. The monoisotopic (exact) mass is 276 g/mol. The predicted octanol–water partition coefficient (Wildman–Crippen LogP) is 2.68. The first-order valence-corrected chi connectivity index (χ1v) is 6.05. The topological polar surface area (TPSA) is 75.4 Å². The number of primary amides is 1. The molecule has 1 amide bonds. The number of benzene rings is 2. The molecule has 0 fully saturated rings. The van der Waals surface area contributed by atoms with Crippen LogP contribution >= 0.6 is 11.6 Å². The van der Waals surface area contributed by atoms with Gasteiger partial charge in [-0.25, -0.2) is 0 Å². The van der Waals surface area contributed by atoms with E-state index in [-0.39, 0.29) is 10.8 Å². The molecule has 1 atom stereocenters. The summed E-state index contributed by atoms with van der Waals surface area (Å²) in [4.78, 5) is 11.6. The Balaban J connectivity index is 2.30. The minimum atomic E-state index is -0.708. The van der Waals surface area contributed by atoms with E-state index in [4.69, 9.17) is 17.3 Å². The van der Waals surface area contributed by atoms with Gasteiger partial charge in [-0.05, 0) is 29.8 Å². The van der Waals surface area contributed by atoms with Crippen molar-refractivity contribution in [3.63, 3.8) is 0 Å². The molecule has 4 N–H and O–H groups in total. The number of aromatic hydroxyl groups is 1. The summed E-state index contributed by atoms with van der Waals surface area (Å²) in [5, 5.41) is 12.6. The quantitative estimate of drug-likeness (QED) is 0.804. The normalized spacial score (nSPS) is 11.8. The molecule has 0 radical (unpaired) electrons. The van der Waals surface area contributed by atoms with Crippen LogP contribution in [-0.4, -0.2) is 11.0 Å². The second-order valence-electron chi connectivity index (χ2n) is 4.06. The first-order valence-electron chi connectivity index (χ1n) is 5.67. The lowest BCUT2D eigenvalue weighted by atomic mass is 10.1. The molecular weight excluding hydrogens is 264 g/mol. The number of phenols is 1. The van der Waals surface area contributed by atoms with Gasteiger partial charge in [-0.15, -0.1) is 0 Å². The number of anilines is 1. The number of carbonyl (C=O) groups excluding carboxylic acids is 1. The third kappa shape index (κ3) is 3.17. The van der Waals surface area contributed by atoms with Crippen LogP contribution in [-0.2, 0) is 4.79 Å². The average molecular weight is 277 g/mol. The van der Waals surface area contributed by atoms with Crippen LogP contribution in [0.25, 0.3) is 0 Å². The Kier molecular flexibility index (Phi) is 3.92. The molecule has 4 nitrogen and oxygen atoms in total. The molecule has 98 valence electrons. The zero-order valence-electron chi connectivity index (χ0n) is 10.0. The van der Waals surface area contributed by atoms with Crippen LogP contribution in [0.5, 0.6) is 5.75 Å². The van der Waals surface area contributed by atoms with Crippen LogP contribution in [0.1, 0.15) is 11.6 Å². The largest absolute Gasteiger partial charge is 0.506 e. The first-order chi connectivity index (χ1) is 9.08. The molecule has 0 aromatic heterocycles. The number of halogens is 1. The van der Waals surface area contributed by atoms with E-state index in [9.17, 15) is 9.90 Å². The van der Waals surface area contributed by atoms with Gasteiger partial charge in [0.05, 0.1) is 5.02 Å². The molecule has 5 heteroatoms. The second-order valence-corrected chi connectivity index (χ2v) is 4.46. The number of rotatable bonds is 4.